The fourth-order valence-electron chi connectivity index (χ4n) is 2.41. The smallest absolute Gasteiger partial charge is 0.338 e. The van der Waals surface area contributed by atoms with Crippen molar-refractivity contribution in [2.45, 2.75) is 71.1 Å². The monoisotopic (exact) mass is 320 g/mol. The molecule has 0 radical (unpaired) electrons. The summed E-state index contributed by atoms with van der Waals surface area (Å²) in [5.74, 6) is -0.202. The molecule has 0 amide bonds. The molecule has 0 saturated carbocycles. The Morgan fingerprint density at radius 3 is 1.83 bits per heavy atom. The lowest BCUT2D eigenvalue weighted by molar-refractivity contribution is -0.0980. The van der Waals surface area contributed by atoms with Crippen LogP contribution >= 0.6 is 0 Å². The van der Waals surface area contributed by atoms with Gasteiger partial charge in [0.15, 0.2) is 0 Å². The zero-order valence-corrected chi connectivity index (χ0v) is 14.6. The second-order valence-electron chi connectivity index (χ2n) is 5.68. The van der Waals surface area contributed by atoms with E-state index < -0.39 is 0 Å². The Balaban J connectivity index is 0.00000232. The van der Waals surface area contributed by atoms with Gasteiger partial charge in [-0.2, -0.15) is 0 Å². The van der Waals surface area contributed by atoms with Crippen LogP contribution in [0.1, 0.15) is 81.5 Å². The number of esters is 1. The van der Waals surface area contributed by atoms with Gasteiger partial charge in [-0.25, -0.2) is 4.79 Å². The third-order valence-corrected chi connectivity index (χ3v) is 3.74. The van der Waals surface area contributed by atoms with Crippen LogP contribution < -0.4 is 0 Å². The molecule has 1 aromatic rings. The Kier molecular flexibility index (Phi) is 15.5. The van der Waals surface area contributed by atoms with Gasteiger partial charge in [0, 0.05) is 0 Å². The maximum Gasteiger partial charge on any atom is 0.338 e. The first-order chi connectivity index (χ1) is 11.3. The van der Waals surface area contributed by atoms with Crippen molar-refractivity contribution < 1.29 is 14.3 Å². The van der Waals surface area contributed by atoms with E-state index in [9.17, 15) is 4.79 Å². The van der Waals surface area contributed by atoms with Crippen molar-refractivity contribution in [3.8, 4) is 0 Å². The van der Waals surface area contributed by atoms with Crippen LogP contribution in [0.15, 0.2) is 30.3 Å². The highest BCUT2D eigenvalue weighted by atomic mass is 16.5. The van der Waals surface area contributed by atoms with Crippen molar-refractivity contribution in [1.82, 2.24) is 0 Å². The first-order valence-electron chi connectivity index (χ1n) is 8.85. The van der Waals surface area contributed by atoms with E-state index in [1.807, 2.05) is 25.0 Å². The van der Waals surface area contributed by atoms with Crippen molar-refractivity contribution in [3.05, 3.63) is 35.9 Å². The number of hydrogen-bond acceptors (Lipinski definition) is 3. The highest BCUT2D eigenvalue weighted by Crippen LogP contribution is 2.10. The van der Waals surface area contributed by atoms with Gasteiger partial charge in [-0.05, 0) is 18.6 Å². The van der Waals surface area contributed by atoms with Crippen molar-refractivity contribution in [2.24, 2.45) is 0 Å². The molecule has 3 heteroatoms. The summed E-state index contributed by atoms with van der Waals surface area (Å²) >= 11 is 0. The van der Waals surface area contributed by atoms with Crippen LogP contribution in [0, 0.1) is 0 Å². The topological polar surface area (TPSA) is 43.4 Å². The lowest BCUT2D eigenvalue weighted by Crippen LogP contribution is -2.06. The molecule has 0 N–H and O–H groups in total. The molecule has 130 valence electrons. The van der Waals surface area contributed by atoms with Gasteiger partial charge in [-0.1, -0.05) is 82.9 Å². The first kappa shape index (κ1) is 21.4. The van der Waals surface area contributed by atoms with Crippen LogP contribution in [0.2, 0.25) is 0 Å². The number of carbonyl (C=O) groups excluding carboxylic acids is 2. The standard InChI is InChI=1S/C19H30O2.CH2O/c1-2-3-4-5-6-7-8-9-10-14-17-21-19(20)18-15-12-11-13-16-18;1-2/h11-13,15-16H,2-10,14,17H2,1H3;1H2. The van der Waals surface area contributed by atoms with E-state index in [0.717, 1.165) is 12.8 Å². The van der Waals surface area contributed by atoms with Crippen LogP contribution in [0.5, 0.6) is 0 Å². The summed E-state index contributed by atoms with van der Waals surface area (Å²) in [5, 5.41) is 0. The minimum absolute atomic E-state index is 0.202. The number of benzene rings is 1. The minimum Gasteiger partial charge on any atom is -0.462 e. The molecule has 0 saturated heterocycles. The number of rotatable bonds is 12. The lowest BCUT2D eigenvalue weighted by atomic mass is 10.1. The van der Waals surface area contributed by atoms with Gasteiger partial charge in [0.1, 0.15) is 6.79 Å². The van der Waals surface area contributed by atoms with Crippen molar-refractivity contribution in [1.29, 1.82) is 0 Å². The summed E-state index contributed by atoms with van der Waals surface area (Å²) < 4.78 is 5.26. The average molecular weight is 320 g/mol. The third kappa shape index (κ3) is 12.6. The molecular weight excluding hydrogens is 288 g/mol. The molecular formula is C20H32O3. The second-order valence-corrected chi connectivity index (χ2v) is 5.68. The van der Waals surface area contributed by atoms with Gasteiger partial charge in [0.05, 0.1) is 12.2 Å². The zero-order valence-electron chi connectivity index (χ0n) is 14.6. The summed E-state index contributed by atoms with van der Waals surface area (Å²) in [4.78, 5) is 19.7. The molecule has 23 heavy (non-hydrogen) atoms. The Labute approximate surface area is 141 Å². The molecule has 0 heterocycles. The van der Waals surface area contributed by atoms with E-state index in [-0.39, 0.29) is 5.97 Å². The average Bonchev–Trinajstić information content (AvgIpc) is 2.62. The molecule has 0 spiro atoms. The SMILES string of the molecule is C=O.CCCCCCCCCCCCOC(=O)c1ccccc1. The Bertz CT molecular complexity index is 376. The summed E-state index contributed by atoms with van der Waals surface area (Å²) in [7, 11) is 0. The third-order valence-electron chi connectivity index (χ3n) is 3.74. The maximum absolute atomic E-state index is 11.7. The van der Waals surface area contributed by atoms with E-state index >= 15 is 0 Å². The molecule has 1 aromatic carbocycles. The van der Waals surface area contributed by atoms with Crippen molar-refractivity contribution >= 4 is 12.8 Å². The zero-order chi connectivity index (χ0) is 17.2. The lowest BCUT2D eigenvalue weighted by Gasteiger charge is -2.05. The van der Waals surface area contributed by atoms with Gasteiger partial charge >= 0.3 is 5.97 Å². The van der Waals surface area contributed by atoms with E-state index in [1.54, 1.807) is 12.1 Å². The summed E-state index contributed by atoms with van der Waals surface area (Å²) in [6.45, 7) is 4.80. The summed E-state index contributed by atoms with van der Waals surface area (Å²) in [5.41, 5.74) is 0.643. The van der Waals surface area contributed by atoms with Gasteiger partial charge in [0.25, 0.3) is 0 Å². The van der Waals surface area contributed by atoms with Gasteiger partial charge in [-0.15, -0.1) is 0 Å². The van der Waals surface area contributed by atoms with E-state index in [4.69, 9.17) is 9.53 Å². The fourth-order valence-corrected chi connectivity index (χ4v) is 2.41. The van der Waals surface area contributed by atoms with Gasteiger partial charge in [-0.3, -0.25) is 0 Å². The largest absolute Gasteiger partial charge is 0.462 e. The number of carbonyl (C=O) groups is 2. The molecule has 0 aromatic heterocycles. The van der Waals surface area contributed by atoms with Crippen LogP contribution in [-0.4, -0.2) is 19.4 Å². The molecule has 0 bridgehead atoms. The number of hydrogen-bond donors (Lipinski definition) is 0. The molecule has 3 nitrogen and oxygen atoms in total. The maximum atomic E-state index is 11.7. The number of ether oxygens (including phenoxy) is 1. The Hall–Kier alpha value is -1.64. The van der Waals surface area contributed by atoms with E-state index in [1.165, 1.54) is 51.4 Å². The van der Waals surface area contributed by atoms with Crippen molar-refractivity contribution in [2.75, 3.05) is 6.61 Å². The normalized spacial score (nSPS) is 9.78. The van der Waals surface area contributed by atoms with E-state index in [0.29, 0.717) is 12.2 Å². The first-order valence-corrected chi connectivity index (χ1v) is 8.85. The molecule has 0 aliphatic carbocycles. The van der Waals surface area contributed by atoms with Crippen LogP contribution in [-0.2, 0) is 9.53 Å². The fraction of sp³-hybridized carbons (Fsp3) is 0.600. The van der Waals surface area contributed by atoms with E-state index in [2.05, 4.69) is 6.92 Å². The Morgan fingerprint density at radius 1 is 0.826 bits per heavy atom. The highest BCUT2D eigenvalue weighted by Gasteiger charge is 2.04. The van der Waals surface area contributed by atoms with Gasteiger partial charge in [0.2, 0.25) is 0 Å². The van der Waals surface area contributed by atoms with Crippen LogP contribution in [0.25, 0.3) is 0 Å². The molecule has 1 rings (SSSR count). The minimum atomic E-state index is -0.202. The van der Waals surface area contributed by atoms with Crippen LogP contribution in [0.3, 0.4) is 0 Å². The predicted molar refractivity (Wildman–Crippen MR) is 95.7 cm³/mol. The molecule has 0 aliphatic rings. The molecule has 0 fully saturated rings. The van der Waals surface area contributed by atoms with Crippen molar-refractivity contribution in [3.63, 3.8) is 0 Å². The van der Waals surface area contributed by atoms with Gasteiger partial charge < -0.3 is 9.53 Å². The summed E-state index contributed by atoms with van der Waals surface area (Å²) in [6, 6.07) is 9.20. The molecule has 0 atom stereocenters. The van der Waals surface area contributed by atoms with Crippen LogP contribution in [0.4, 0.5) is 0 Å². The number of unbranched alkanes of at least 4 members (excludes halogenated alkanes) is 9. The molecule has 0 aliphatic heterocycles. The summed E-state index contributed by atoms with van der Waals surface area (Å²) in [6.07, 6.45) is 12.9. The Morgan fingerprint density at radius 2 is 1.30 bits per heavy atom. The molecule has 0 unspecified atom stereocenters. The quantitative estimate of drug-likeness (QED) is 0.373. The second kappa shape index (κ2) is 16.7. The predicted octanol–water partition coefficient (Wildman–Crippen LogP) is 5.58. The highest BCUT2D eigenvalue weighted by molar-refractivity contribution is 5.89.